The molecule has 0 aromatic heterocycles. The van der Waals surface area contributed by atoms with E-state index in [4.69, 9.17) is 0 Å². The maximum Gasteiger partial charge on any atom is 0.243 e. The van der Waals surface area contributed by atoms with E-state index in [9.17, 15) is 36.0 Å². The largest absolute Gasteiger partial charge is 0.347 e. The topological polar surface area (TPSA) is 121 Å². The van der Waals surface area contributed by atoms with Gasteiger partial charge >= 0.3 is 0 Å². The summed E-state index contributed by atoms with van der Waals surface area (Å²) in [6.45, 7) is 0.466. The van der Waals surface area contributed by atoms with Crippen LogP contribution in [0.15, 0.2) is 41.3 Å². The van der Waals surface area contributed by atoms with Crippen LogP contribution in [0.5, 0.6) is 0 Å². The van der Waals surface area contributed by atoms with Crippen molar-refractivity contribution in [3.05, 3.63) is 59.4 Å². The van der Waals surface area contributed by atoms with Crippen LogP contribution < -0.4 is 15.4 Å². The molecule has 0 saturated heterocycles. The minimum atomic E-state index is -3.91. The van der Waals surface area contributed by atoms with Gasteiger partial charge in [0.2, 0.25) is 21.8 Å². The molecule has 2 amide bonds. The second kappa shape index (κ2) is 10.2. The highest BCUT2D eigenvalue weighted by molar-refractivity contribution is 7.89. The second-order valence-corrected chi connectivity index (χ2v) is 8.04. The van der Waals surface area contributed by atoms with Gasteiger partial charge < -0.3 is 10.6 Å². The van der Waals surface area contributed by atoms with Gasteiger partial charge in [-0.3, -0.25) is 14.4 Å². The van der Waals surface area contributed by atoms with Crippen molar-refractivity contribution in [2.75, 3.05) is 18.4 Å². The van der Waals surface area contributed by atoms with Gasteiger partial charge in [0.1, 0.15) is 0 Å². The SMILES string of the molecule is CC(=O)c1ccc(S(=O)(=O)NCCC(=O)NCC(=O)Nc2ccc(F)c(F)c2F)cc1. The monoisotopic (exact) mass is 457 g/mol. The van der Waals surface area contributed by atoms with E-state index in [2.05, 4.69) is 10.0 Å². The number of rotatable bonds is 9. The summed E-state index contributed by atoms with van der Waals surface area (Å²) in [5, 5.41) is 4.16. The fourth-order valence-electron chi connectivity index (χ4n) is 2.34. The summed E-state index contributed by atoms with van der Waals surface area (Å²) in [5.41, 5.74) is -0.249. The van der Waals surface area contributed by atoms with E-state index in [1.54, 1.807) is 0 Å². The fraction of sp³-hybridized carbons (Fsp3) is 0.211. The highest BCUT2D eigenvalue weighted by atomic mass is 32.2. The molecule has 3 N–H and O–H groups in total. The van der Waals surface area contributed by atoms with Gasteiger partial charge in [-0.05, 0) is 31.2 Å². The summed E-state index contributed by atoms with van der Waals surface area (Å²) in [5.74, 6) is -6.54. The number of nitrogens with one attached hydrogen (secondary N) is 3. The van der Waals surface area contributed by atoms with E-state index in [-0.39, 0.29) is 23.6 Å². The normalized spacial score (nSPS) is 11.1. The molecule has 31 heavy (non-hydrogen) atoms. The number of amides is 2. The molecule has 0 heterocycles. The Labute approximate surface area is 175 Å². The molecule has 0 aliphatic heterocycles. The number of hydrogen-bond acceptors (Lipinski definition) is 5. The van der Waals surface area contributed by atoms with Crippen molar-refractivity contribution in [2.24, 2.45) is 0 Å². The van der Waals surface area contributed by atoms with Crippen LogP contribution in [0, 0.1) is 17.5 Å². The Balaban J connectivity index is 1.79. The molecule has 0 bridgehead atoms. The smallest absolute Gasteiger partial charge is 0.243 e. The first-order chi connectivity index (χ1) is 14.5. The average Bonchev–Trinajstić information content (AvgIpc) is 2.72. The lowest BCUT2D eigenvalue weighted by atomic mass is 10.2. The molecule has 0 saturated carbocycles. The molecule has 0 unspecified atom stereocenters. The van der Waals surface area contributed by atoms with Crippen molar-refractivity contribution in [3.63, 3.8) is 0 Å². The summed E-state index contributed by atoms with van der Waals surface area (Å²) in [4.78, 5) is 34.6. The molecular weight excluding hydrogens is 439 g/mol. The first-order valence-electron chi connectivity index (χ1n) is 8.82. The van der Waals surface area contributed by atoms with Crippen LogP contribution in [0.2, 0.25) is 0 Å². The molecule has 0 radical (unpaired) electrons. The Hall–Kier alpha value is -3.25. The van der Waals surface area contributed by atoms with E-state index in [0.717, 1.165) is 6.07 Å². The molecule has 8 nitrogen and oxygen atoms in total. The number of hydrogen-bond donors (Lipinski definition) is 3. The molecule has 0 fully saturated rings. The Bertz CT molecular complexity index is 1110. The molecule has 0 aliphatic rings. The van der Waals surface area contributed by atoms with Gasteiger partial charge in [0, 0.05) is 18.5 Å². The van der Waals surface area contributed by atoms with Crippen molar-refractivity contribution in [2.45, 2.75) is 18.2 Å². The Morgan fingerprint density at radius 2 is 1.55 bits per heavy atom. The summed E-state index contributed by atoms with van der Waals surface area (Å²) in [7, 11) is -3.91. The first kappa shape index (κ1) is 24.0. The quantitative estimate of drug-likeness (QED) is 0.391. The summed E-state index contributed by atoms with van der Waals surface area (Å²) in [6, 6.07) is 6.68. The van der Waals surface area contributed by atoms with Crippen LogP contribution in [-0.4, -0.2) is 39.1 Å². The van der Waals surface area contributed by atoms with E-state index in [1.807, 2.05) is 5.32 Å². The number of halogens is 3. The van der Waals surface area contributed by atoms with Crippen LogP contribution in [0.4, 0.5) is 18.9 Å². The van der Waals surface area contributed by atoms with E-state index < -0.39 is 51.5 Å². The van der Waals surface area contributed by atoms with Gasteiger partial charge in [-0.15, -0.1) is 0 Å². The maximum atomic E-state index is 13.5. The van der Waals surface area contributed by atoms with Gasteiger partial charge in [0.25, 0.3) is 0 Å². The maximum absolute atomic E-state index is 13.5. The second-order valence-electron chi connectivity index (χ2n) is 6.28. The highest BCUT2D eigenvalue weighted by Crippen LogP contribution is 2.19. The van der Waals surface area contributed by atoms with E-state index in [0.29, 0.717) is 11.6 Å². The van der Waals surface area contributed by atoms with Crippen molar-refractivity contribution in [1.29, 1.82) is 0 Å². The molecule has 166 valence electrons. The third-order valence-electron chi connectivity index (χ3n) is 3.97. The molecule has 2 aromatic rings. The van der Waals surface area contributed by atoms with Crippen LogP contribution in [0.3, 0.4) is 0 Å². The zero-order valence-corrected chi connectivity index (χ0v) is 17.0. The van der Waals surface area contributed by atoms with Crippen LogP contribution in [-0.2, 0) is 19.6 Å². The van der Waals surface area contributed by atoms with Crippen molar-refractivity contribution < 1.29 is 36.0 Å². The lowest BCUT2D eigenvalue weighted by Gasteiger charge is -2.09. The number of carbonyl (C=O) groups excluding carboxylic acids is 3. The molecular formula is C19H18F3N3O5S. The van der Waals surface area contributed by atoms with Crippen molar-refractivity contribution >= 4 is 33.3 Å². The average molecular weight is 457 g/mol. The van der Waals surface area contributed by atoms with Gasteiger partial charge in [0.15, 0.2) is 23.2 Å². The number of Topliss-reactive ketones (excluding diaryl/α,β-unsaturated/α-hetero) is 1. The van der Waals surface area contributed by atoms with Crippen LogP contribution in [0.1, 0.15) is 23.7 Å². The fourth-order valence-corrected chi connectivity index (χ4v) is 3.37. The number of carbonyl (C=O) groups is 3. The lowest BCUT2D eigenvalue weighted by Crippen LogP contribution is -2.35. The summed E-state index contributed by atoms with van der Waals surface area (Å²) < 4.78 is 66.0. The van der Waals surface area contributed by atoms with Gasteiger partial charge in [-0.25, -0.2) is 26.3 Å². The van der Waals surface area contributed by atoms with Crippen LogP contribution >= 0.6 is 0 Å². The molecule has 2 rings (SSSR count). The summed E-state index contributed by atoms with van der Waals surface area (Å²) >= 11 is 0. The minimum absolute atomic E-state index is 0.0918. The third kappa shape index (κ3) is 6.62. The number of sulfonamides is 1. The first-order valence-corrected chi connectivity index (χ1v) is 10.3. The third-order valence-corrected chi connectivity index (χ3v) is 5.45. The van der Waals surface area contributed by atoms with Crippen molar-refractivity contribution in [1.82, 2.24) is 10.0 Å². The summed E-state index contributed by atoms with van der Waals surface area (Å²) in [6.07, 6.45) is -0.308. The lowest BCUT2D eigenvalue weighted by molar-refractivity contribution is -0.124. The highest BCUT2D eigenvalue weighted by Gasteiger charge is 2.17. The molecule has 12 heteroatoms. The van der Waals surface area contributed by atoms with E-state index >= 15 is 0 Å². The predicted octanol–water partition coefficient (Wildman–Crippen LogP) is 1.73. The standard InChI is InChI=1S/C19H18F3N3O5S/c1-11(26)12-2-4-13(5-3-12)31(29,30)24-9-8-16(27)23-10-17(28)25-15-7-6-14(20)18(21)19(15)22/h2-7,24H,8-10H2,1H3,(H,23,27)(H,25,28). The van der Waals surface area contributed by atoms with Crippen LogP contribution in [0.25, 0.3) is 0 Å². The minimum Gasteiger partial charge on any atom is -0.347 e. The zero-order valence-electron chi connectivity index (χ0n) is 16.2. The number of ketones is 1. The molecule has 0 atom stereocenters. The number of benzene rings is 2. The molecule has 0 aliphatic carbocycles. The van der Waals surface area contributed by atoms with Gasteiger partial charge in [-0.1, -0.05) is 12.1 Å². The Morgan fingerprint density at radius 1 is 0.903 bits per heavy atom. The Kier molecular flexibility index (Phi) is 7.89. The number of anilines is 1. The zero-order chi connectivity index (χ0) is 23.2. The molecule has 2 aromatic carbocycles. The van der Waals surface area contributed by atoms with Gasteiger partial charge in [-0.2, -0.15) is 0 Å². The van der Waals surface area contributed by atoms with Gasteiger partial charge in [0.05, 0.1) is 17.1 Å². The Morgan fingerprint density at radius 3 is 2.16 bits per heavy atom. The van der Waals surface area contributed by atoms with Crippen molar-refractivity contribution in [3.8, 4) is 0 Å². The molecule has 0 spiro atoms. The predicted molar refractivity (Wildman–Crippen MR) is 104 cm³/mol. The van der Waals surface area contributed by atoms with E-state index in [1.165, 1.54) is 31.2 Å².